The van der Waals surface area contributed by atoms with Crippen LogP contribution < -0.4 is 10.6 Å². The average Bonchev–Trinajstić information content (AvgIpc) is 3.24. The minimum atomic E-state index is -0.310. The number of carbonyl (C=O) groups excluding carboxylic acids is 1. The highest BCUT2D eigenvalue weighted by Gasteiger charge is 2.42. The van der Waals surface area contributed by atoms with Gasteiger partial charge in [-0.05, 0) is 76.2 Å². The lowest BCUT2D eigenvalue weighted by Gasteiger charge is -2.34. The average molecular weight is 250 g/mol. The summed E-state index contributed by atoms with van der Waals surface area (Å²) in [4.78, 5) is 12.3. The summed E-state index contributed by atoms with van der Waals surface area (Å²) in [7, 11) is 0. The molecule has 0 spiro atoms. The summed E-state index contributed by atoms with van der Waals surface area (Å²) in [5, 5.41) is 6.63. The van der Waals surface area contributed by atoms with Crippen LogP contribution in [0.4, 0.5) is 0 Å². The highest BCUT2D eigenvalue weighted by Crippen LogP contribution is 2.48. The molecule has 3 aliphatic rings. The van der Waals surface area contributed by atoms with E-state index in [4.69, 9.17) is 0 Å². The van der Waals surface area contributed by atoms with Gasteiger partial charge in [-0.15, -0.1) is 0 Å². The normalized spacial score (nSPS) is 32.6. The Morgan fingerprint density at radius 1 is 1.28 bits per heavy atom. The van der Waals surface area contributed by atoms with Crippen molar-refractivity contribution in [2.75, 3.05) is 13.1 Å². The first-order valence-electron chi connectivity index (χ1n) is 7.72. The molecule has 3 rings (SSSR count). The van der Waals surface area contributed by atoms with E-state index in [1.165, 1.54) is 38.5 Å². The molecule has 2 N–H and O–H groups in total. The van der Waals surface area contributed by atoms with Gasteiger partial charge in [0.25, 0.3) is 0 Å². The molecule has 0 aromatic carbocycles. The van der Waals surface area contributed by atoms with Crippen LogP contribution in [-0.4, -0.2) is 24.5 Å². The van der Waals surface area contributed by atoms with Crippen LogP contribution in [0.2, 0.25) is 0 Å². The first-order chi connectivity index (χ1) is 8.69. The lowest BCUT2D eigenvalue weighted by Crippen LogP contribution is -2.57. The molecular weight excluding hydrogens is 224 g/mol. The molecule has 1 atom stereocenters. The molecule has 3 fully saturated rings. The van der Waals surface area contributed by atoms with Gasteiger partial charge in [0.05, 0.1) is 5.54 Å². The lowest BCUT2D eigenvalue weighted by atomic mass is 9.89. The summed E-state index contributed by atoms with van der Waals surface area (Å²) in [6.45, 7) is 3.97. The van der Waals surface area contributed by atoms with Crippen molar-refractivity contribution < 1.29 is 4.79 Å². The minimum absolute atomic E-state index is 0.230. The van der Waals surface area contributed by atoms with Gasteiger partial charge >= 0.3 is 0 Å². The van der Waals surface area contributed by atoms with Crippen molar-refractivity contribution in [1.29, 1.82) is 0 Å². The largest absolute Gasteiger partial charge is 0.354 e. The quantitative estimate of drug-likeness (QED) is 0.784. The zero-order valence-electron chi connectivity index (χ0n) is 11.5. The van der Waals surface area contributed by atoms with E-state index < -0.39 is 0 Å². The van der Waals surface area contributed by atoms with Crippen LogP contribution in [0.15, 0.2) is 0 Å². The van der Waals surface area contributed by atoms with Gasteiger partial charge in [0.2, 0.25) is 5.91 Å². The van der Waals surface area contributed by atoms with Crippen molar-refractivity contribution in [3.63, 3.8) is 0 Å². The molecule has 0 aromatic rings. The van der Waals surface area contributed by atoms with Crippen molar-refractivity contribution in [3.05, 3.63) is 0 Å². The van der Waals surface area contributed by atoms with Crippen LogP contribution in [-0.2, 0) is 4.79 Å². The summed E-state index contributed by atoms with van der Waals surface area (Å²) in [5.74, 6) is 2.85. The lowest BCUT2D eigenvalue weighted by molar-refractivity contribution is -0.128. The second-order valence-electron chi connectivity index (χ2n) is 6.76. The van der Waals surface area contributed by atoms with E-state index in [-0.39, 0.29) is 11.4 Å². The Balaban J connectivity index is 1.50. The summed E-state index contributed by atoms with van der Waals surface area (Å²) in [6.07, 6.45) is 8.94. The first kappa shape index (κ1) is 12.5. The predicted molar refractivity (Wildman–Crippen MR) is 72.2 cm³/mol. The van der Waals surface area contributed by atoms with Gasteiger partial charge < -0.3 is 10.6 Å². The Hall–Kier alpha value is -0.570. The van der Waals surface area contributed by atoms with Gasteiger partial charge in [0.1, 0.15) is 0 Å². The topological polar surface area (TPSA) is 41.1 Å². The Bertz CT molecular complexity index is 302. The van der Waals surface area contributed by atoms with Crippen LogP contribution in [0, 0.1) is 17.8 Å². The standard InChI is InChI=1S/C15H26N2O/c1-15(8-2-3-9-17-15)14(18)16-10-13(11-4-5-11)12-6-7-12/h11-13,17H,2-10H2,1H3,(H,16,18). The summed E-state index contributed by atoms with van der Waals surface area (Å²) in [5.41, 5.74) is -0.310. The molecule has 0 bridgehead atoms. The van der Waals surface area contributed by atoms with Gasteiger partial charge in [0, 0.05) is 6.54 Å². The Morgan fingerprint density at radius 2 is 1.94 bits per heavy atom. The van der Waals surface area contributed by atoms with Crippen LogP contribution >= 0.6 is 0 Å². The number of rotatable bonds is 5. The van der Waals surface area contributed by atoms with E-state index in [1.54, 1.807) is 0 Å². The van der Waals surface area contributed by atoms with Gasteiger partial charge in [0.15, 0.2) is 0 Å². The minimum Gasteiger partial charge on any atom is -0.354 e. The fourth-order valence-electron chi connectivity index (χ4n) is 3.42. The van der Waals surface area contributed by atoms with Gasteiger partial charge in [-0.1, -0.05) is 0 Å². The van der Waals surface area contributed by atoms with E-state index in [0.29, 0.717) is 0 Å². The maximum atomic E-state index is 12.3. The van der Waals surface area contributed by atoms with Crippen LogP contribution in [0.1, 0.15) is 51.9 Å². The van der Waals surface area contributed by atoms with Crippen molar-refractivity contribution in [1.82, 2.24) is 10.6 Å². The van der Waals surface area contributed by atoms with Crippen LogP contribution in [0.5, 0.6) is 0 Å². The monoisotopic (exact) mass is 250 g/mol. The molecule has 18 heavy (non-hydrogen) atoms. The summed E-state index contributed by atoms with van der Waals surface area (Å²) >= 11 is 0. The summed E-state index contributed by atoms with van der Waals surface area (Å²) in [6, 6.07) is 0. The number of carbonyl (C=O) groups is 1. The van der Waals surface area contributed by atoms with Crippen LogP contribution in [0.3, 0.4) is 0 Å². The molecule has 102 valence electrons. The molecule has 3 nitrogen and oxygen atoms in total. The molecule has 0 radical (unpaired) electrons. The number of hydrogen-bond donors (Lipinski definition) is 2. The third-order valence-electron chi connectivity index (χ3n) is 5.07. The molecule has 3 heteroatoms. The molecule has 0 aromatic heterocycles. The van der Waals surface area contributed by atoms with Crippen molar-refractivity contribution >= 4 is 5.91 Å². The van der Waals surface area contributed by atoms with Crippen molar-refractivity contribution in [2.45, 2.75) is 57.4 Å². The fraction of sp³-hybridized carbons (Fsp3) is 0.933. The number of hydrogen-bond acceptors (Lipinski definition) is 2. The molecular formula is C15H26N2O. The molecule has 1 aliphatic heterocycles. The van der Waals surface area contributed by atoms with E-state index in [2.05, 4.69) is 17.6 Å². The highest BCUT2D eigenvalue weighted by atomic mass is 16.2. The van der Waals surface area contributed by atoms with E-state index in [1.807, 2.05) is 0 Å². The molecule has 2 aliphatic carbocycles. The van der Waals surface area contributed by atoms with Crippen LogP contribution in [0.25, 0.3) is 0 Å². The Morgan fingerprint density at radius 3 is 2.44 bits per heavy atom. The van der Waals surface area contributed by atoms with Gasteiger partial charge in [-0.2, -0.15) is 0 Å². The molecule has 1 saturated heterocycles. The third kappa shape index (κ3) is 2.71. The summed E-state index contributed by atoms with van der Waals surface area (Å²) < 4.78 is 0. The van der Waals surface area contributed by atoms with E-state index >= 15 is 0 Å². The van der Waals surface area contributed by atoms with E-state index in [9.17, 15) is 4.79 Å². The molecule has 2 saturated carbocycles. The number of piperidine rings is 1. The SMILES string of the molecule is CC1(C(=O)NCC(C2CC2)C2CC2)CCCCN1. The molecule has 1 heterocycles. The fourth-order valence-corrected chi connectivity index (χ4v) is 3.42. The second-order valence-corrected chi connectivity index (χ2v) is 6.76. The molecule has 1 amide bonds. The van der Waals surface area contributed by atoms with E-state index in [0.717, 1.165) is 37.3 Å². The maximum absolute atomic E-state index is 12.3. The van der Waals surface area contributed by atoms with Gasteiger partial charge in [-0.25, -0.2) is 0 Å². The van der Waals surface area contributed by atoms with Gasteiger partial charge in [-0.3, -0.25) is 4.79 Å². The highest BCUT2D eigenvalue weighted by molar-refractivity contribution is 5.85. The number of nitrogens with one attached hydrogen (secondary N) is 2. The predicted octanol–water partition coefficient (Wildman–Crippen LogP) is 2.07. The zero-order valence-corrected chi connectivity index (χ0v) is 11.5. The maximum Gasteiger partial charge on any atom is 0.240 e. The Labute approximate surface area is 110 Å². The smallest absolute Gasteiger partial charge is 0.240 e. The third-order valence-corrected chi connectivity index (χ3v) is 5.07. The molecule has 1 unspecified atom stereocenters. The zero-order chi connectivity index (χ0) is 12.6. The van der Waals surface area contributed by atoms with Crippen molar-refractivity contribution in [2.24, 2.45) is 17.8 Å². The second kappa shape index (κ2) is 4.84. The van der Waals surface area contributed by atoms with Crippen molar-refractivity contribution in [3.8, 4) is 0 Å². The first-order valence-corrected chi connectivity index (χ1v) is 7.72. The Kier molecular flexibility index (Phi) is 3.35. The number of amides is 1.